The Morgan fingerprint density at radius 3 is 2.50 bits per heavy atom. The second kappa shape index (κ2) is 8.56. The smallest absolute Gasteiger partial charge is 0.204 e. The Kier molecular flexibility index (Phi) is 5.97. The summed E-state index contributed by atoms with van der Waals surface area (Å²) >= 11 is 6.04. The number of aryl methyl sites for hydroxylation is 3. The lowest BCUT2D eigenvalue weighted by Gasteiger charge is -2.14. The number of rotatable bonds is 6. The minimum atomic E-state index is -0.427. The molecule has 3 N–H and O–H groups in total. The summed E-state index contributed by atoms with van der Waals surface area (Å²) in [6.07, 6.45) is 0. The SMILES string of the molecule is Cc1cc2c(nc(NCCN)n2Cc2ccc(F)c(Cl)c2)c(-c2c(C)nn(C)c2C)c1C. The molecule has 0 unspecified atom stereocenters. The standard InChI is InChI=1S/C24H28ClFN6/c1-13-10-20-23(21(14(13)2)22-15(3)30-31(5)16(22)4)29-24(28-9-8-27)32(20)12-17-6-7-19(26)18(25)11-17/h6-7,10-11H,8-9,12,27H2,1-5H3,(H,28,29). The highest BCUT2D eigenvalue weighted by Crippen LogP contribution is 2.38. The highest BCUT2D eigenvalue weighted by molar-refractivity contribution is 6.30. The molecule has 32 heavy (non-hydrogen) atoms. The highest BCUT2D eigenvalue weighted by atomic mass is 35.5. The topological polar surface area (TPSA) is 73.7 Å². The largest absolute Gasteiger partial charge is 0.354 e. The number of nitrogens with zero attached hydrogens (tertiary/aromatic N) is 4. The van der Waals surface area contributed by atoms with E-state index in [0.29, 0.717) is 19.6 Å². The van der Waals surface area contributed by atoms with E-state index in [1.54, 1.807) is 12.1 Å². The van der Waals surface area contributed by atoms with Crippen LogP contribution in [-0.2, 0) is 13.6 Å². The fraction of sp³-hybridized carbons (Fsp3) is 0.333. The zero-order chi connectivity index (χ0) is 23.2. The minimum absolute atomic E-state index is 0.109. The first-order valence-corrected chi connectivity index (χ1v) is 11.0. The third kappa shape index (κ3) is 3.76. The van der Waals surface area contributed by atoms with Crippen molar-refractivity contribution in [2.45, 2.75) is 34.2 Å². The van der Waals surface area contributed by atoms with Crippen molar-refractivity contribution in [3.05, 3.63) is 63.2 Å². The summed E-state index contributed by atoms with van der Waals surface area (Å²) < 4.78 is 17.7. The Labute approximate surface area is 192 Å². The number of anilines is 1. The number of imidazole rings is 1. The molecule has 0 aliphatic carbocycles. The van der Waals surface area contributed by atoms with Crippen LogP contribution in [0.15, 0.2) is 24.3 Å². The van der Waals surface area contributed by atoms with E-state index < -0.39 is 5.82 Å². The number of aromatic nitrogens is 4. The minimum Gasteiger partial charge on any atom is -0.354 e. The van der Waals surface area contributed by atoms with Crippen LogP contribution < -0.4 is 11.1 Å². The molecule has 0 aliphatic heterocycles. The van der Waals surface area contributed by atoms with Crippen LogP contribution in [0, 0.1) is 33.5 Å². The van der Waals surface area contributed by atoms with Gasteiger partial charge in [-0.15, -0.1) is 0 Å². The van der Waals surface area contributed by atoms with Gasteiger partial charge in [0.1, 0.15) is 5.82 Å². The summed E-state index contributed by atoms with van der Waals surface area (Å²) in [7, 11) is 1.96. The third-order valence-corrected chi connectivity index (χ3v) is 6.36. The number of benzene rings is 2. The zero-order valence-electron chi connectivity index (χ0n) is 19.1. The lowest BCUT2D eigenvalue weighted by atomic mass is 9.94. The van der Waals surface area contributed by atoms with Crippen molar-refractivity contribution in [1.29, 1.82) is 0 Å². The van der Waals surface area contributed by atoms with Crippen LogP contribution in [0.4, 0.5) is 10.3 Å². The second-order valence-corrected chi connectivity index (χ2v) is 8.62. The Morgan fingerprint density at radius 2 is 1.88 bits per heavy atom. The van der Waals surface area contributed by atoms with Crippen molar-refractivity contribution in [3.63, 3.8) is 0 Å². The van der Waals surface area contributed by atoms with Crippen molar-refractivity contribution in [3.8, 4) is 11.1 Å². The molecule has 2 aromatic carbocycles. The fourth-order valence-corrected chi connectivity index (χ4v) is 4.43. The Balaban J connectivity index is 1.99. The molecule has 0 aliphatic rings. The van der Waals surface area contributed by atoms with Crippen LogP contribution >= 0.6 is 11.6 Å². The van der Waals surface area contributed by atoms with Gasteiger partial charge < -0.3 is 15.6 Å². The van der Waals surface area contributed by atoms with Gasteiger partial charge >= 0.3 is 0 Å². The molecule has 4 aromatic rings. The number of hydrogen-bond acceptors (Lipinski definition) is 4. The molecule has 0 amide bonds. The molecule has 0 bridgehead atoms. The maximum absolute atomic E-state index is 13.7. The van der Waals surface area contributed by atoms with E-state index in [-0.39, 0.29) is 5.02 Å². The van der Waals surface area contributed by atoms with Gasteiger partial charge in [0.25, 0.3) is 0 Å². The van der Waals surface area contributed by atoms with E-state index in [1.165, 1.54) is 17.2 Å². The van der Waals surface area contributed by atoms with E-state index in [0.717, 1.165) is 45.1 Å². The number of fused-ring (bicyclic) bond motifs is 1. The normalized spacial score (nSPS) is 11.5. The quantitative estimate of drug-likeness (QED) is 0.435. The van der Waals surface area contributed by atoms with Crippen molar-refractivity contribution in [2.75, 3.05) is 18.4 Å². The third-order valence-electron chi connectivity index (χ3n) is 6.07. The monoisotopic (exact) mass is 454 g/mol. The lowest BCUT2D eigenvalue weighted by molar-refractivity contribution is 0.627. The molecular weight excluding hydrogens is 427 g/mol. The maximum atomic E-state index is 13.7. The van der Waals surface area contributed by atoms with Gasteiger partial charge in [-0.3, -0.25) is 4.68 Å². The lowest BCUT2D eigenvalue weighted by Crippen LogP contribution is -2.16. The number of hydrogen-bond donors (Lipinski definition) is 2. The van der Waals surface area contributed by atoms with Gasteiger partial charge in [-0.05, 0) is 62.6 Å². The number of nitrogens with one attached hydrogen (secondary N) is 1. The molecule has 0 radical (unpaired) electrons. The summed E-state index contributed by atoms with van der Waals surface area (Å²) in [5.41, 5.74) is 15.1. The molecule has 0 saturated heterocycles. The van der Waals surface area contributed by atoms with Crippen molar-refractivity contribution >= 4 is 28.6 Å². The summed E-state index contributed by atoms with van der Waals surface area (Å²) in [6.45, 7) is 9.91. The van der Waals surface area contributed by atoms with Crippen molar-refractivity contribution in [1.82, 2.24) is 19.3 Å². The second-order valence-electron chi connectivity index (χ2n) is 8.22. The molecule has 6 nitrogen and oxygen atoms in total. The van der Waals surface area contributed by atoms with Gasteiger partial charge in [-0.2, -0.15) is 5.10 Å². The van der Waals surface area contributed by atoms with Gasteiger partial charge in [-0.1, -0.05) is 17.7 Å². The summed E-state index contributed by atoms with van der Waals surface area (Å²) in [4.78, 5) is 5.01. The average molecular weight is 455 g/mol. The van der Waals surface area contributed by atoms with Crippen molar-refractivity contribution in [2.24, 2.45) is 12.8 Å². The molecule has 168 valence electrons. The van der Waals surface area contributed by atoms with Crippen LogP contribution in [0.3, 0.4) is 0 Å². The first kappa shape index (κ1) is 22.3. The highest BCUT2D eigenvalue weighted by Gasteiger charge is 2.22. The van der Waals surface area contributed by atoms with E-state index in [4.69, 9.17) is 22.3 Å². The van der Waals surface area contributed by atoms with E-state index in [1.807, 2.05) is 18.7 Å². The molecule has 0 fully saturated rings. The molecule has 0 atom stereocenters. The van der Waals surface area contributed by atoms with Gasteiger partial charge in [0.15, 0.2) is 0 Å². The summed E-state index contributed by atoms with van der Waals surface area (Å²) in [5.74, 6) is 0.292. The maximum Gasteiger partial charge on any atom is 0.204 e. The molecule has 0 saturated carbocycles. The number of nitrogens with two attached hydrogens (primary N) is 1. The molecule has 4 rings (SSSR count). The Bertz CT molecular complexity index is 1320. The Hall–Kier alpha value is -2.90. The molecule has 0 spiro atoms. The zero-order valence-corrected chi connectivity index (χ0v) is 19.8. The number of halogens is 2. The van der Waals surface area contributed by atoms with E-state index in [9.17, 15) is 4.39 Å². The summed E-state index contributed by atoms with van der Waals surface area (Å²) in [6, 6.07) is 6.96. The van der Waals surface area contributed by atoms with Crippen LogP contribution in [0.25, 0.3) is 22.2 Å². The average Bonchev–Trinajstić information content (AvgIpc) is 3.20. The van der Waals surface area contributed by atoms with Crippen LogP contribution in [0.2, 0.25) is 5.02 Å². The first-order valence-electron chi connectivity index (χ1n) is 10.6. The predicted octanol–water partition coefficient (Wildman–Crippen LogP) is 4.88. The van der Waals surface area contributed by atoms with Gasteiger partial charge in [0, 0.05) is 37.0 Å². The van der Waals surface area contributed by atoms with Crippen LogP contribution in [-0.4, -0.2) is 32.4 Å². The van der Waals surface area contributed by atoms with Crippen molar-refractivity contribution < 1.29 is 4.39 Å². The van der Waals surface area contributed by atoms with E-state index in [2.05, 4.69) is 41.8 Å². The van der Waals surface area contributed by atoms with Gasteiger partial charge in [0.2, 0.25) is 5.95 Å². The molecule has 8 heteroatoms. The molecule has 2 aromatic heterocycles. The van der Waals surface area contributed by atoms with E-state index >= 15 is 0 Å². The van der Waals surface area contributed by atoms with Gasteiger partial charge in [-0.25, -0.2) is 9.37 Å². The fourth-order valence-electron chi connectivity index (χ4n) is 4.22. The van der Waals surface area contributed by atoms with Crippen LogP contribution in [0.5, 0.6) is 0 Å². The predicted molar refractivity (Wildman–Crippen MR) is 129 cm³/mol. The molecular formula is C24H28ClFN6. The van der Waals surface area contributed by atoms with Crippen LogP contribution in [0.1, 0.15) is 28.1 Å². The summed E-state index contributed by atoms with van der Waals surface area (Å²) in [5, 5.41) is 8.09. The first-order chi connectivity index (χ1) is 15.2. The Morgan fingerprint density at radius 1 is 1.12 bits per heavy atom. The molecule has 2 heterocycles. The van der Waals surface area contributed by atoms with Gasteiger partial charge in [0.05, 0.1) is 28.3 Å².